The van der Waals surface area contributed by atoms with Gasteiger partial charge in [-0.2, -0.15) is 0 Å². The number of rotatable bonds is 3. The minimum atomic E-state index is -0.535. The smallest absolute Gasteiger partial charge is 0.417 e. The minimum Gasteiger partial charge on any atom is -0.493 e. The number of carbonyl (C=O) groups is 2. The molecule has 2 saturated heterocycles. The van der Waals surface area contributed by atoms with Gasteiger partial charge in [-0.05, 0) is 30.0 Å². The molecule has 6 nitrogen and oxygen atoms in total. The summed E-state index contributed by atoms with van der Waals surface area (Å²) < 4.78 is 15.5. The van der Waals surface area contributed by atoms with E-state index in [0.717, 1.165) is 5.56 Å². The molecule has 0 spiro atoms. The van der Waals surface area contributed by atoms with Crippen molar-refractivity contribution < 1.29 is 23.8 Å². The average molecular weight is 305 g/mol. The Morgan fingerprint density at radius 2 is 1.91 bits per heavy atom. The first-order valence-electron chi connectivity index (χ1n) is 7.28. The molecule has 2 aliphatic rings. The largest absolute Gasteiger partial charge is 0.493 e. The van der Waals surface area contributed by atoms with Crippen LogP contribution < -0.4 is 9.47 Å². The zero-order valence-electron chi connectivity index (χ0n) is 12.9. The van der Waals surface area contributed by atoms with Crippen LogP contribution in [0.15, 0.2) is 18.2 Å². The minimum absolute atomic E-state index is 0.142. The van der Waals surface area contributed by atoms with Gasteiger partial charge in [-0.15, -0.1) is 0 Å². The normalized spacial score (nSPS) is 27.4. The molecule has 2 heterocycles. The number of benzene rings is 1. The second kappa shape index (κ2) is 5.51. The van der Waals surface area contributed by atoms with Crippen LogP contribution in [0.3, 0.4) is 0 Å². The van der Waals surface area contributed by atoms with E-state index in [1.54, 1.807) is 26.4 Å². The molecule has 22 heavy (non-hydrogen) atoms. The van der Waals surface area contributed by atoms with E-state index in [1.807, 2.05) is 13.0 Å². The lowest BCUT2D eigenvalue weighted by Crippen LogP contribution is -2.49. The molecule has 0 N–H and O–H groups in total. The fraction of sp³-hybridized carbons (Fsp3) is 0.500. The van der Waals surface area contributed by atoms with Crippen molar-refractivity contribution in [1.29, 1.82) is 0 Å². The quantitative estimate of drug-likeness (QED) is 0.856. The zero-order chi connectivity index (χ0) is 15.9. The number of hydrogen-bond acceptors (Lipinski definition) is 5. The van der Waals surface area contributed by atoms with Gasteiger partial charge in [0.25, 0.3) is 0 Å². The Bertz CT molecular complexity index is 615. The summed E-state index contributed by atoms with van der Waals surface area (Å²) >= 11 is 0. The number of imide groups is 1. The molecule has 0 bridgehead atoms. The van der Waals surface area contributed by atoms with Gasteiger partial charge >= 0.3 is 6.09 Å². The summed E-state index contributed by atoms with van der Waals surface area (Å²) in [5.41, 5.74) is 0.827. The molecule has 0 radical (unpaired) electrons. The van der Waals surface area contributed by atoms with Gasteiger partial charge in [0.15, 0.2) is 11.5 Å². The van der Waals surface area contributed by atoms with E-state index in [-0.39, 0.29) is 23.8 Å². The number of piperidine rings is 1. The van der Waals surface area contributed by atoms with Crippen LogP contribution >= 0.6 is 0 Å². The van der Waals surface area contributed by atoms with E-state index in [0.29, 0.717) is 24.5 Å². The third-order valence-corrected chi connectivity index (χ3v) is 4.52. The van der Waals surface area contributed by atoms with E-state index < -0.39 is 6.09 Å². The molecule has 3 atom stereocenters. The van der Waals surface area contributed by atoms with Crippen molar-refractivity contribution in [2.24, 2.45) is 5.92 Å². The second-order valence-electron chi connectivity index (χ2n) is 5.73. The van der Waals surface area contributed by atoms with Crippen molar-refractivity contribution in [1.82, 2.24) is 4.90 Å². The Hall–Kier alpha value is -2.24. The fourth-order valence-electron chi connectivity index (χ4n) is 3.25. The Labute approximate surface area is 128 Å². The summed E-state index contributed by atoms with van der Waals surface area (Å²) in [4.78, 5) is 25.7. The number of fused-ring (bicyclic) bond motifs is 1. The molecular weight excluding hydrogens is 286 g/mol. The van der Waals surface area contributed by atoms with Gasteiger partial charge in [-0.3, -0.25) is 4.79 Å². The lowest BCUT2D eigenvalue weighted by atomic mass is 9.81. The van der Waals surface area contributed by atoms with Crippen LogP contribution in [-0.4, -0.2) is 43.8 Å². The molecule has 1 aromatic carbocycles. The van der Waals surface area contributed by atoms with E-state index in [2.05, 4.69) is 0 Å². The van der Waals surface area contributed by atoms with Gasteiger partial charge < -0.3 is 14.2 Å². The van der Waals surface area contributed by atoms with Gasteiger partial charge in [0, 0.05) is 0 Å². The Morgan fingerprint density at radius 1 is 1.18 bits per heavy atom. The van der Waals surface area contributed by atoms with Gasteiger partial charge in [-0.25, -0.2) is 9.69 Å². The summed E-state index contributed by atoms with van der Waals surface area (Å²) in [6, 6.07) is 5.28. The Morgan fingerprint density at radius 3 is 2.59 bits per heavy atom. The monoisotopic (exact) mass is 305 g/mol. The predicted molar refractivity (Wildman–Crippen MR) is 78.1 cm³/mol. The summed E-state index contributed by atoms with van der Waals surface area (Å²) in [6.07, 6.45) is 0.151. The van der Waals surface area contributed by atoms with E-state index in [4.69, 9.17) is 14.2 Å². The highest BCUT2D eigenvalue weighted by molar-refractivity contribution is 5.98. The number of ether oxygens (including phenoxy) is 3. The molecule has 0 aliphatic carbocycles. The molecule has 2 unspecified atom stereocenters. The number of nitrogens with zero attached hydrogens (tertiary/aromatic N) is 1. The molecule has 0 aromatic heterocycles. The number of amides is 2. The van der Waals surface area contributed by atoms with Crippen molar-refractivity contribution in [3.8, 4) is 11.5 Å². The maximum atomic E-state index is 12.7. The Kier molecular flexibility index (Phi) is 3.68. The molecule has 6 heteroatoms. The average Bonchev–Trinajstić information content (AvgIpc) is 2.93. The van der Waals surface area contributed by atoms with Gasteiger partial charge in [0.2, 0.25) is 5.91 Å². The highest BCUT2D eigenvalue weighted by Crippen LogP contribution is 2.40. The third-order valence-electron chi connectivity index (χ3n) is 4.52. The van der Waals surface area contributed by atoms with E-state index in [9.17, 15) is 9.59 Å². The number of cyclic esters (lactones) is 1. The first-order valence-corrected chi connectivity index (χ1v) is 7.28. The van der Waals surface area contributed by atoms with Crippen molar-refractivity contribution in [3.05, 3.63) is 23.8 Å². The number of methoxy groups -OCH3 is 2. The SMILES string of the molecule is COc1ccc([C@@H]2CC(C)C3COC(=O)N3C2=O)cc1OC. The van der Waals surface area contributed by atoms with Gasteiger partial charge in [0.1, 0.15) is 6.61 Å². The first kappa shape index (κ1) is 14.7. The van der Waals surface area contributed by atoms with Crippen LogP contribution in [0.1, 0.15) is 24.8 Å². The lowest BCUT2D eigenvalue weighted by molar-refractivity contribution is -0.134. The highest BCUT2D eigenvalue weighted by atomic mass is 16.6. The first-order chi connectivity index (χ1) is 10.6. The van der Waals surface area contributed by atoms with Crippen LogP contribution in [0.4, 0.5) is 4.79 Å². The maximum Gasteiger partial charge on any atom is 0.417 e. The van der Waals surface area contributed by atoms with Crippen LogP contribution in [-0.2, 0) is 9.53 Å². The third kappa shape index (κ3) is 2.19. The molecule has 0 saturated carbocycles. The van der Waals surface area contributed by atoms with Crippen LogP contribution in [0, 0.1) is 5.92 Å². The zero-order valence-corrected chi connectivity index (χ0v) is 12.9. The second-order valence-corrected chi connectivity index (χ2v) is 5.73. The molecule has 2 aliphatic heterocycles. The standard InChI is InChI=1S/C16H19NO5/c1-9-6-11(15(18)17-12(9)8-22-16(17)19)10-4-5-13(20-2)14(7-10)21-3/h4-5,7,9,11-12H,6,8H2,1-3H3/t9?,11-,12?/m0/s1. The van der Waals surface area contributed by atoms with Gasteiger partial charge in [-0.1, -0.05) is 13.0 Å². The predicted octanol–water partition coefficient (Wildman–Crippen LogP) is 2.17. The van der Waals surface area contributed by atoms with Crippen molar-refractivity contribution in [2.45, 2.75) is 25.3 Å². The molecule has 2 fully saturated rings. The molecule has 2 amide bonds. The van der Waals surface area contributed by atoms with Crippen molar-refractivity contribution in [3.63, 3.8) is 0 Å². The molecule has 3 rings (SSSR count). The van der Waals surface area contributed by atoms with E-state index >= 15 is 0 Å². The lowest BCUT2D eigenvalue weighted by Gasteiger charge is -2.35. The maximum absolute atomic E-state index is 12.7. The van der Waals surface area contributed by atoms with Crippen molar-refractivity contribution in [2.75, 3.05) is 20.8 Å². The highest BCUT2D eigenvalue weighted by Gasteiger charge is 2.48. The molecule has 118 valence electrons. The summed E-state index contributed by atoms with van der Waals surface area (Å²) in [5.74, 6) is 0.823. The Balaban J connectivity index is 1.94. The summed E-state index contributed by atoms with van der Waals surface area (Å²) in [7, 11) is 3.12. The number of hydrogen-bond donors (Lipinski definition) is 0. The van der Waals surface area contributed by atoms with Crippen LogP contribution in [0.25, 0.3) is 0 Å². The number of carbonyl (C=O) groups excluding carboxylic acids is 2. The molecular formula is C16H19NO5. The fourth-order valence-corrected chi connectivity index (χ4v) is 3.25. The molecule has 1 aromatic rings. The summed E-state index contributed by atoms with van der Waals surface area (Å²) in [5, 5.41) is 0. The van der Waals surface area contributed by atoms with Crippen LogP contribution in [0.5, 0.6) is 11.5 Å². The van der Waals surface area contributed by atoms with Gasteiger partial charge in [0.05, 0.1) is 26.2 Å². The van der Waals surface area contributed by atoms with Crippen LogP contribution in [0.2, 0.25) is 0 Å². The summed E-state index contributed by atoms with van der Waals surface area (Å²) in [6.45, 7) is 2.34. The topological polar surface area (TPSA) is 65.1 Å². The van der Waals surface area contributed by atoms with Crippen molar-refractivity contribution >= 4 is 12.0 Å². The van der Waals surface area contributed by atoms with E-state index in [1.165, 1.54) is 4.90 Å².